The van der Waals surface area contributed by atoms with E-state index in [0.29, 0.717) is 30.2 Å². The van der Waals surface area contributed by atoms with Crippen molar-refractivity contribution in [3.8, 4) is 0 Å². The Balaban J connectivity index is 1.90. The topological polar surface area (TPSA) is 90.8 Å². The minimum atomic E-state index is -3.18. The number of fused-ring (bicyclic) bond motifs is 1. The van der Waals surface area contributed by atoms with Crippen molar-refractivity contribution < 1.29 is 18.3 Å². The average Bonchev–Trinajstić information content (AvgIpc) is 2.90. The first-order valence-electron chi connectivity index (χ1n) is 7.82. The number of piperazine rings is 1. The van der Waals surface area contributed by atoms with Gasteiger partial charge in [-0.1, -0.05) is 0 Å². The van der Waals surface area contributed by atoms with Gasteiger partial charge in [-0.05, 0) is 18.4 Å². The number of pyridine rings is 1. The van der Waals surface area contributed by atoms with Crippen molar-refractivity contribution in [3.05, 3.63) is 23.9 Å². The zero-order valence-corrected chi connectivity index (χ0v) is 15.1. The molecule has 132 valence electrons. The highest BCUT2D eigenvalue weighted by Crippen LogP contribution is 2.29. The summed E-state index contributed by atoms with van der Waals surface area (Å²) in [4.78, 5) is 20.9. The number of sulfone groups is 1. The minimum Gasteiger partial charge on any atom is -0.395 e. The Labute approximate surface area is 146 Å². The summed E-state index contributed by atoms with van der Waals surface area (Å²) in [7, 11) is -3.18. The van der Waals surface area contributed by atoms with Crippen molar-refractivity contribution in [2.45, 2.75) is 17.1 Å². The van der Waals surface area contributed by atoms with Crippen LogP contribution < -0.4 is 0 Å². The van der Waals surface area contributed by atoms with E-state index < -0.39 is 9.84 Å². The van der Waals surface area contributed by atoms with Crippen molar-refractivity contribution in [1.29, 1.82) is 0 Å². The molecule has 2 unspecified atom stereocenters. The Kier molecular flexibility index (Phi) is 5.14. The molecule has 1 aromatic rings. The summed E-state index contributed by atoms with van der Waals surface area (Å²) in [5.41, 5.74) is 0.517. The molecule has 2 aliphatic rings. The van der Waals surface area contributed by atoms with Gasteiger partial charge in [-0.3, -0.25) is 9.69 Å². The van der Waals surface area contributed by atoms with Crippen molar-refractivity contribution in [2.24, 2.45) is 0 Å². The van der Waals surface area contributed by atoms with E-state index in [2.05, 4.69) is 4.98 Å². The molecule has 0 aromatic carbocycles. The Morgan fingerprint density at radius 1 is 1.38 bits per heavy atom. The van der Waals surface area contributed by atoms with Gasteiger partial charge in [0.15, 0.2) is 9.84 Å². The lowest BCUT2D eigenvalue weighted by Crippen LogP contribution is -2.61. The molecule has 1 aromatic heterocycles. The maximum atomic E-state index is 13.0. The molecule has 9 heteroatoms. The van der Waals surface area contributed by atoms with Crippen LogP contribution in [0.1, 0.15) is 10.4 Å². The lowest BCUT2D eigenvalue weighted by molar-refractivity contribution is 0.0278. The number of aliphatic hydroxyl groups is 1. The number of thioether (sulfide) groups is 1. The van der Waals surface area contributed by atoms with Crippen molar-refractivity contribution in [2.75, 3.05) is 44.0 Å². The number of amides is 1. The van der Waals surface area contributed by atoms with Crippen molar-refractivity contribution in [3.63, 3.8) is 0 Å². The second-order valence-corrected chi connectivity index (χ2v) is 8.98. The molecule has 2 saturated heterocycles. The second-order valence-electron chi connectivity index (χ2n) is 6.03. The monoisotopic (exact) mass is 371 g/mol. The van der Waals surface area contributed by atoms with Gasteiger partial charge in [-0.2, -0.15) is 0 Å². The first-order valence-corrected chi connectivity index (χ1v) is 10.9. The van der Waals surface area contributed by atoms with Gasteiger partial charge in [0, 0.05) is 31.9 Å². The van der Waals surface area contributed by atoms with Gasteiger partial charge in [-0.15, -0.1) is 11.8 Å². The molecule has 0 radical (unpaired) electrons. The Morgan fingerprint density at radius 2 is 2.12 bits per heavy atom. The zero-order chi connectivity index (χ0) is 17.3. The van der Waals surface area contributed by atoms with Crippen LogP contribution in [-0.2, 0) is 9.84 Å². The summed E-state index contributed by atoms with van der Waals surface area (Å²) < 4.78 is 24.3. The number of aromatic nitrogens is 1. The first-order chi connectivity index (χ1) is 11.5. The largest absolute Gasteiger partial charge is 0.395 e. The SMILES string of the molecule is CSc1ncccc1C(=O)N1CCN(CCO)C2CS(=O)(=O)CC21. The molecule has 2 aliphatic heterocycles. The second kappa shape index (κ2) is 6.99. The van der Waals surface area contributed by atoms with E-state index in [9.17, 15) is 18.3 Å². The number of carbonyl (C=O) groups excluding carboxylic acids is 1. The number of carbonyl (C=O) groups is 1. The molecule has 3 rings (SSSR count). The molecule has 0 spiro atoms. The van der Waals surface area contributed by atoms with Gasteiger partial charge in [-0.25, -0.2) is 13.4 Å². The van der Waals surface area contributed by atoms with Gasteiger partial charge in [0.05, 0.1) is 29.7 Å². The van der Waals surface area contributed by atoms with E-state index in [0.717, 1.165) is 0 Å². The summed E-state index contributed by atoms with van der Waals surface area (Å²) in [5, 5.41) is 9.86. The first kappa shape index (κ1) is 17.7. The van der Waals surface area contributed by atoms with Crippen LogP contribution in [0.15, 0.2) is 23.4 Å². The summed E-state index contributed by atoms with van der Waals surface area (Å²) in [6.45, 7) is 1.44. The van der Waals surface area contributed by atoms with Gasteiger partial charge < -0.3 is 10.0 Å². The Bertz CT molecular complexity index is 725. The predicted octanol–water partition coefficient (Wildman–Crippen LogP) is -0.281. The molecule has 1 amide bonds. The molecular weight excluding hydrogens is 350 g/mol. The zero-order valence-electron chi connectivity index (χ0n) is 13.5. The van der Waals surface area contributed by atoms with E-state index >= 15 is 0 Å². The van der Waals surface area contributed by atoms with Crippen LogP contribution in [-0.4, -0.2) is 90.3 Å². The molecular formula is C15H21N3O4S2. The van der Waals surface area contributed by atoms with Crippen molar-refractivity contribution >= 4 is 27.5 Å². The van der Waals surface area contributed by atoms with E-state index in [1.54, 1.807) is 23.2 Å². The number of nitrogens with zero attached hydrogens (tertiary/aromatic N) is 3. The van der Waals surface area contributed by atoms with Crippen LogP contribution in [0.5, 0.6) is 0 Å². The normalized spacial score (nSPS) is 26.3. The van der Waals surface area contributed by atoms with Gasteiger partial charge in [0.25, 0.3) is 5.91 Å². The number of β-amino-alcohol motifs (C(OH)–C–C–N with tert-alkyl or cyclic N) is 1. The highest BCUT2D eigenvalue weighted by atomic mass is 32.2. The predicted molar refractivity (Wildman–Crippen MR) is 91.9 cm³/mol. The third-order valence-corrected chi connectivity index (χ3v) is 7.04. The highest BCUT2D eigenvalue weighted by Gasteiger charge is 2.48. The molecule has 3 heterocycles. The van der Waals surface area contributed by atoms with E-state index in [-0.39, 0.29) is 36.1 Å². The lowest BCUT2D eigenvalue weighted by atomic mass is 10.0. The van der Waals surface area contributed by atoms with E-state index in [4.69, 9.17) is 0 Å². The molecule has 1 N–H and O–H groups in total. The summed E-state index contributed by atoms with van der Waals surface area (Å²) in [6.07, 6.45) is 3.51. The van der Waals surface area contributed by atoms with Crippen LogP contribution in [0.4, 0.5) is 0 Å². The average molecular weight is 371 g/mol. The van der Waals surface area contributed by atoms with Crippen LogP contribution in [0.2, 0.25) is 0 Å². The molecule has 0 saturated carbocycles. The van der Waals surface area contributed by atoms with Gasteiger partial charge in [0.1, 0.15) is 5.03 Å². The van der Waals surface area contributed by atoms with Crippen LogP contribution in [0.3, 0.4) is 0 Å². The molecule has 0 bridgehead atoms. The molecule has 2 fully saturated rings. The third kappa shape index (κ3) is 3.30. The Hall–Kier alpha value is -1.16. The summed E-state index contributed by atoms with van der Waals surface area (Å²) in [6, 6.07) is 2.85. The fraction of sp³-hybridized carbons (Fsp3) is 0.600. The fourth-order valence-electron chi connectivity index (χ4n) is 3.55. The standard InChI is InChI=1S/C15H21N3O4S2/c1-23-14-11(3-2-4-16-14)15(20)18-6-5-17(7-8-19)12-9-24(21,22)10-13(12)18/h2-4,12-13,19H,5-10H2,1H3. The molecule has 2 atom stereocenters. The maximum Gasteiger partial charge on any atom is 0.256 e. The highest BCUT2D eigenvalue weighted by molar-refractivity contribution is 7.98. The molecule has 24 heavy (non-hydrogen) atoms. The maximum absolute atomic E-state index is 13.0. The van der Waals surface area contributed by atoms with Crippen LogP contribution >= 0.6 is 11.8 Å². The number of hydrogen-bond donors (Lipinski definition) is 1. The Morgan fingerprint density at radius 3 is 2.83 bits per heavy atom. The molecule has 0 aliphatic carbocycles. The number of aliphatic hydroxyl groups excluding tert-OH is 1. The van der Waals surface area contributed by atoms with Crippen LogP contribution in [0, 0.1) is 0 Å². The van der Waals surface area contributed by atoms with E-state index in [1.807, 2.05) is 11.2 Å². The van der Waals surface area contributed by atoms with Crippen LogP contribution in [0.25, 0.3) is 0 Å². The number of hydrogen-bond acceptors (Lipinski definition) is 7. The minimum absolute atomic E-state index is 0.0137. The van der Waals surface area contributed by atoms with Crippen molar-refractivity contribution in [1.82, 2.24) is 14.8 Å². The van der Waals surface area contributed by atoms with Gasteiger partial charge in [0.2, 0.25) is 0 Å². The molecule has 7 nitrogen and oxygen atoms in total. The smallest absolute Gasteiger partial charge is 0.256 e. The summed E-state index contributed by atoms with van der Waals surface area (Å²) in [5.74, 6) is -0.132. The third-order valence-electron chi connectivity index (χ3n) is 4.63. The summed E-state index contributed by atoms with van der Waals surface area (Å²) >= 11 is 1.40. The van der Waals surface area contributed by atoms with Gasteiger partial charge >= 0.3 is 0 Å². The fourth-order valence-corrected chi connectivity index (χ4v) is 6.11. The van der Waals surface area contributed by atoms with E-state index in [1.165, 1.54) is 11.8 Å². The lowest BCUT2D eigenvalue weighted by Gasteiger charge is -2.43. The quantitative estimate of drug-likeness (QED) is 0.728. The number of rotatable bonds is 4.